The van der Waals surface area contributed by atoms with E-state index in [9.17, 15) is 14.4 Å². The average Bonchev–Trinajstić information content (AvgIpc) is 2.56. The predicted molar refractivity (Wildman–Crippen MR) is 65.8 cm³/mol. The Morgan fingerprint density at radius 1 is 1.39 bits per heavy atom. The minimum atomic E-state index is -0.507. The molecule has 0 aromatic rings. The maximum Gasteiger partial charge on any atom is 0.290 e. The van der Waals surface area contributed by atoms with Gasteiger partial charge in [0.15, 0.2) is 0 Å². The molecule has 7 heteroatoms. The summed E-state index contributed by atoms with van der Waals surface area (Å²) in [7, 11) is 0. The van der Waals surface area contributed by atoms with Gasteiger partial charge in [0.25, 0.3) is 11.1 Å². The minimum absolute atomic E-state index is 0.0252. The molecule has 2 heterocycles. The fourth-order valence-electron chi connectivity index (χ4n) is 1.98. The van der Waals surface area contributed by atoms with Gasteiger partial charge in [0.05, 0.1) is 17.1 Å². The zero-order valence-corrected chi connectivity index (χ0v) is 11.0. The lowest BCUT2D eigenvalue weighted by Gasteiger charge is -2.34. The van der Waals surface area contributed by atoms with Crippen LogP contribution in [-0.4, -0.2) is 47.3 Å². The van der Waals surface area contributed by atoms with Crippen molar-refractivity contribution in [3.05, 3.63) is 11.0 Å². The predicted octanol–water partition coefficient (Wildman–Crippen LogP) is 0.489. The number of carbonyl (C=O) groups excluding carboxylic acids is 3. The van der Waals surface area contributed by atoms with E-state index in [-0.39, 0.29) is 23.0 Å². The van der Waals surface area contributed by atoms with Gasteiger partial charge in [0, 0.05) is 19.2 Å². The first-order chi connectivity index (χ1) is 8.45. The van der Waals surface area contributed by atoms with Crippen molar-refractivity contribution in [1.29, 1.82) is 0 Å². The number of hydrogen-bond acceptors (Lipinski definition) is 5. The molecule has 2 fully saturated rings. The number of morpholine rings is 1. The maximum absolute atomic E-state index is 12.0. The van der Waals surface area contributed by atoms with Gasteiger partial charge in [-0.2, -0.15) is 0 Å². The molecule has 0 aromatic heterocycles. The number of amides is 3. The van der Waals surface area contributed by atoms with E-state index in [2.05, 4.69) is 5.32 Å². The molecule has 0 aromatic carbocycles. The zero-order valence-electron chi connectivity index (χ0n) is 10.1. The van der Waals surface area contributed by atoms with E-state index >= 15 is 0 Å². The van der Waals surface area contributed by atoms with E-state index in [4.69, 9.17) is 4.74 Å². The van der Waals surface area contributed by atoms with Crippen molar-refractivity contribution in [2.45, 2.75) is 26.1 Å². The summed E-state index contributed by atoms with van der Waals surface area (Å²) in [5.74, 6) is -0.767. The number of nitrogens with one attached hydrogen (secondary N) is 1. The van der Waals surface area contributed by atoms with Gasteiger partial charge in [-0.05, 0) is 25.6 Å². The van der Waals surface area contributed by atoms with Crippen molar-refractivity contribution in [1.82, 2.24) is 10.2 Å². The summed E-state index contributed by atoms with van der Waals surface area (Å²) >= 11 is 0.750. The molecule has 1 N–H and O–H groups in total. The first-order valence-corrected chi connectivity index (χ1v) is 6.46. The summed E-state index contributed by atoms with van der Waals surface area (Å²) in [6.45, 7) is 4.77. The smallest absolute Gasteiger partial charge is 0.290 e. The summed E-state index contributed by atoms with van der Waals surface area (Å²) in [6.07, 6.45) is 1.17. The molecular weight excluding hydrogens is 256 g/mol. The Bertz CT molecular complexity index is 425. The molecule has 2 aliphatic heterocycles. The Labute approximate surface area is 109 Å². The molecule has 2 atom stereocenters. The van der Waals surface area contributed by atoms with Crippen LogP contribution in [0.2, 0.25) is 0 Å². The second kappa shape index (κ2) is 5.11. The third-order valence-electron chi connectivity index (χ3n) is 2.63. The normalized spacial score (nSPS) is 30.8. The van der Waals surface area contributed by atoms with Crippen LogP contribution in [0.25, 0.3) is 0 Å². The molecule has 18 heavy (non-hydrogen) atoms. The van der Waals surface area contributed by atoms with Crippen molar-refractivity contribution in [3.8, 4) is 0 Å². The van der Waals surface area contributed by atoms with E-state index in [1.165, 1.54) is 6.08 Å². The van der Waals surface area contributed by atoms with Gasteiger partial charge in [-0.1, -0.05) is 0 Å². The highest BCUT2D eigenvalue weighted by molar-refractivity contribution is 8.18. The molecule has 2 rings (SSSR count). The van der Waals surface area contributed by atoms with E-state index in [1.807, 2.05) is 13.8 Å². The Morgan fingerprint density at radius 3 is 2.50 bits per heavy atom. The number of ether oxygens (including phenoxy) is 1. The molecule has 0 aliphatic carbocycles. The van der Waals surface area contributed by atoms with Crippen LogP contribution in [0, 0.1) is 0 Å². The van der Waals surface area contributed by atoms with Gasteiger partial charge in [0.2, 0.25) is 5.91 Å². The minimum Gasteiger partial charge on any atom is -0.372 e. The Hall–Kier alpha value is -1.34. The molecule has 2 unspecified atom stereocenters. The van der Waals surface area contributed by atoms with Gasteiger partial charge in [-0.3, -0.25) is 19.7 Å². The Morgan fingerprint density at radius 2 is 2.00 bits per heavy atom. The number of carbonyl (C=O) groups is 3. The highest BCUT2D eigenvalue weighted by Gasteiger charge is 2.29. The molecule has 3 amide bonds. The van der Waals surface area contributed by atoms with Gasteiger partial charge in [0.1, 0.15) is 0 Å². The zero-order chi connectivity index (χ0) is 13.3. The van der Waals surface area contributed by atoms with Crippen molar-refractivity contribution < 1.29 is 19.1 Å². The first kappa shape index (κ1) is 13.1. The van der Waals surface area contributed by atoms with Crippen molar-refractivity contribution in [2.24, 2.45) is 0 Å². The van der Waals surface area contributed by atoms with Crippen LogP contribution < -0.4 is 5.32 Å². The fourth-order valence-corrected chi connectivity index (χ4v) is 2.63. The average molecular weight is 270 g/mol. The molecule has 98 valence electrons. The number of imide groups is 1. The summed E-state index contributed by atoms with van der Waals surface area (Å²) in [6, 6.07) is 0. The molecule has 0 spiro atoms. The van der Waals surface area contributed by atoms with Gasteiger partial charge >= 0.3 is 0 Å². The SMILES string of the molecule is CC1CN(C(=O)/C=C2\SC(=O)NC2=O)CC(C)O1. The summed E-state index contributed by atoms with van der Waals surface area (Å²) in [5, 5.41) is 1.67. The first-order valence-electron chi connectivity index (χ1n) is 5.65. The molecule has 0 bridgehead atoms. The Kier molecular flexibility index (Phi) is 3.72. The van der Waals surface area contributed by atoms with Crippen LogP contribution in [0.3, 0.4) is 0 Å². The lowest BCUT2D eigenvalue weighted by Crippen LogP contribution is -2.47. The lowest BCUT2D eigenvalue weighted by atomic mass is 10.2. The second-order valence-electron chi connectivity index (χ2n) is 4.35. The molecule has 6 nitrogen and oxygen atoms in total. The van der Waals surface area contributed by atoms with Crippen molar-refractivity contribution >= 4 is 28.8 Å². The van der Waals surface area contributed by atoms with E-state index < -0.39 is 11.1 Å². The Balaban J connectivity index is 2.05. The van der Waals surface area contributed by atoms with Crippen LogP contribution in [0.5, 0.6) is 0 Å². The monoisotopic (exact) mass is 270 g/mol. The van der Waals surface area contributed by atoms with Crippen LogP contribution in [0.4, 0.5) is 4.79 Å². The van der Waals surface area contributed by atoms with Crippen molar-refractivity contribution in [3.63, 3.8) is 0 Å². The topological polar surface area (TPSA) is 75.7 Å². The van der Waals surface area contributed by atoms with Crippen LogP contribution in [-0.2, 0) is 14.3 Å². The number of hydrogen-bond donors (Lipinski definition) is 1. The van der Waals surface area contributed by atoms with Crippen LogP contribution in [0.1, 0.15) is 13.8 Å². The van der Waals surface area contributed by atoms with E-state index in [0.717, 1.165) is 11.8 Å². The largest absolute Gasteiger partial charge is 0.372 e. The fraction of sp³-hybridized carbons (Fsp3) is 0.545. The van der Waals surface area contributed by atoms with E-state index in [0.29, 0.717) is 13.1 Å². The third-order valence-corrected chi connectivity index (χ3v) is 3.44. The summed E-state index contributed by atoms with van der Waals surface area (Å²) in [5.41, 5.74) is 0. The quantitative estimate of drug-likeness (QED) is 0.702. The summed E-state index contributed by atoms with van der Waals surface area (Å²) < 4.78 is 5.52. The van der Waals surface area contributed by atoms with Gasteiger partial charge in [-0.25, -0.2) is 0 Å². The van der Waals surface area contributed by atoms with Gasteiger partial charge < -0.3 is 9.64 Å². The van der Waals surface area contributed by atoms with Crippen LogP contribution >= 0.6 is 11.8 Å². The van der Waals surface area contributed by atoms with Crippen molar-refractivity contribution in [2.75, 3.05) is 13.1 Å². The molecule has 0 radical (unpaired) electrons. The van der Waals surface area contributed by atoms with E-state index in [1.54, 1.807) is 4.90 Å². The highest BCUT2D eigenvalue weighted by Crippen LogP contribution is 2.23. The molecule has 2 aliphatic rings. The van der Waals surface area contributed by atoms with Crippen LogP contribution in [0.15, 0.2) is 11.0 Å². The molecule has 0 saturated carbocycles. The third kappa shape index (κ3) is 2.91. The number of thioether (sulfide) groups is 1. The number of nitrogens with zero attached hydrogens (tertiary/aromatic N) is 1. The standard InChI is InChI=1S/C11H14N2O4S/c1-6-4-13(5-7(2)17-6)9(14)3-8-10(15)12-11(16)18-8/h3,6-7H,4-5H2,1-2H3,(H,12,15,16)/b8-3-. The summed E-state index contributed by atoms with van der Waals surface area (Å²) in [4.78, 5) is 36.1. The lowest BCUT2D eigenvalue weighted by molar-refractivity contribution is -0.138. The van der Waals surface area contributed by atoms with Gasteiger partial charge in [-0.15, -0.1) is 0 Å². The highest BCUT2D eigenvalue weighted by atomic mass is 32.2. The number of rotatable bonds is 1. The molecule has 2 saturated heterocycles. The molecular formula is C11H14N2O4S. The maximum atomic E-state index is 12.0. The second-order valence-corrected chi connectivity index (χ2v) is 5.37.